The first-order valence-corrected chi connectivity index (χ1v) is 8.54. The molecule has 1 atom stereocenters. The summed E-state index contributed by atoms with van der Waals surface area (Å²) in [6.45, 7) is 0. The van der Waals surface area contributed by atoms with Gasteiger partial charge in [0.15, 0.2) is 0 Å². The molecule has 6 heteroatoms. The van der Waals surface area contributed by atoms with E-state index in [2.05, 4.69) is 27.9 Å². The van der Waals surface area contributed by atoms with Gasteiger partial charge in [-0.3, -0.25) is 9.59 Å². The summed E-state index contributed by atoms with van der Waals surface area (Å²) in [6.07, 6.45) is 0.452. The molecule has 0 fully saturated rings. The molecule has 1 heterocycles. The van der Waals surface area contributed by atoms with Crippen molar-refractivity contribution in [3.05, 3.63) is 62.2 Å². The lowest BCUT2D eigenvalue weighted by Crippen LogP contribution is -2.45. The Morgan fingerprint density at radius 2 is 1.87 bits per heavy atom. The van der Waals surface area contributed by atoms with Crippen molar-refractivity contribution >= 4 is 51.7 Å². The fourth-order valence-electron chi connectivity index (χ4n) is 2.63. The zero-order valence-electron chi connectivity index (χ0n) is 12.3. The molecule has 0 saturated carbocycles. The molecule has 0 aliphatic carbocycles. The SMILES string of the molecule is CN1C(=O)[C@@H](Cc2ccc(I)cc2)NC(=O)c2cc(Cl)ccc21. The van der Waals surface area contributed by atoms with Crippen LogP contribution in [-0.4, -0.2) is 24.9 Å². The number of fused-ring (bicyclic) bond motifs is 1. The van der Waals surface area contributed by atoms with Crippen LogP contribution in [-0.2, 0) is 11.2 Å². The molecule has 2 amide bonds. The molecule has 0 aromatic heterocycles. The summed E-state index contributed by atoms with van der Waals surface area (Å²) in [5.41, 5.74) is 1.99. The molecule has 0 bridgehead atoms. The van der Waals surface area contributed by atoms with Crippen LogP contribution in [0.4, 0.5) is 5.69 Å². The number of carbonyl (C=O) groups excluding carboxylic acids is 2. The standard InChI is InChI=1S/C17H14ClIN2O2/c1-21-15-7-4-11(18)9-13(15)16(22)20-14(17(21)23)8-10-2-5-12(19)6-3-10/h2-7,9,14H,8H2,1H3,(H,20,22)/t14-/m1/s1. The highest BCUT2D eigenvalue weighted by molar-refractivity contribution is 14.1. The average Bonchev–Trinajstić information content (AvgIpc) is 2.61. The summed E-state index contributed by atoms with van der Waals surface area (Å²) < 4.78 is 1.13. The largest absolute Gasteiger partial charge is 0.340 e. The topological polar surface area (TPSA) is 49.4 Å². The number of benzene rings is 2. The number of amides is 2. The van der Waals surface area contributed by atoms with E-state index in [1.54, 1.807) is 25.2 Å². The van der Waals surface area contributed by atoms with Crippen molar-refractivity contribution in [1.29, 1.82) is 0 Å². The van der Waals surface area contributed by atoms with Crippen molar-refractivity contribution in [2.75, 3.05) is 11.9 Å². The van der Waals surface area contributed by atoms with Crippen LogP contribution in [0, 0.1) is 3.57 Å². The van der Waals surface area contributed by atoms with E-state index in [9.17, 15) is 9.59 Å². The maximum Gasteiger partial charge on any atom is 0.254 e. The lowest BCUT2D eigenvalue weighted by molar-refractivity contribution is -0.120. The quantitative estimate of drug-likeness (QED) is 0.729. The van der Waals surface area contributed by atoms with Gasteiger partial charge >= 0.3 is 0 Å². The summed E-state index contributed by atoms with van der Waals surface area (Å²) in [5.74, 6) is -0.423. The Hall–Kier alpha value is -1.60. The molecule has 2 aromatic rings. The molecule has 0 saturated heterocycles. The summed E-state index contributed by atoms with van der Waals surface area (Å²) in [5, 5.41) is 3.28. The third-order valence-corrected chi connectivity index (χ3v) is 4.81. The zero-order chi connectivity index (χ0) is 16.6. The zero-order valence-corrected chi connectivity index (χ0v) is 15.3. The molecule has 0 radical (unpaired) electrons. The van der Waals surface area contributed by atoms with Gasteiger partial charge in [0.2, 0.25) is 5.91 Å². The Bertz CT molecular complexity index is 777. The van der Waals surface area contributed by atoms with Gasteiger partial charge < -0.3 is 10.2 Å². The van der Waals surface area contributed by atoms with E-state index in [1.807, 2.05) is 24.3 Å². The van der Waals surface area contributed by atoms with E-state index in [0.29, 0.717) is 22.7 Å². The van der Waals surface area contributed by atoms with Crippen LogP contribution in [0.2, 0.25) is 5.02 Å². The molecule has 4 nitrogen and oxygen atoms in total. The molecule has 1 aliphatic rings. The lowest BCUT2D eigenvalue weighted by Gasteiger charge is -2.21. The van der Waals surface area contributed by atoms with Crippen molar-refractivity contribution < 1.29 is 9.59 Å². The Morgan fingerprint density at radius 3 is 2.57 bits per heavy atom. The highest BCUT2D eigenvalue weighted by Crippen LogP contribution is 2.27. The Morgan fingerprint density at radius 1 is 1.17 bits per heavy atom. The van der Waals surface area contributed by atoms with E-state index < -0.39 is 6.04 Å². The molecule has 23 heavy (non-hydrogen) atoms. The van der Waals surface area contributed by atoms with Gasteiger partial charge in [0, 0.05) is 22.1 Å². The summed E-state index contributed by atoms with van der Waals surface area (Å²) in [6, 6.07) is 12.3. The van der Waals surface area contributed by atoms with Crippen LogP contribution in [0.1, 0.15) is 15.9 Å². The number of halogens is 2. The minimum absolute atomic E-state index is 0.141. The monoisotopic (exact) mass is 440 g/mol. The fraction of sp³-hybridized carbons (Fsp3) is 0.176. The van der Waals surface area contributed by atoms with Gasteiger partial charge in [-0.2, -0.15) is 0 Å². The van der Waals surface area contributed by atoms with Crippen molar-refractivity contribution in [2.24, 2.45) is 0 Å². The van der Waals surface area contributed by atoms with Crippen LogP contribution in [0.5, 0.6) is 0 Å². The van der Waals surface area contributed by atoms with Crippen molar-refractivity contribution in [1.82, 2.24) is 5.32 Å². The molecule has 2 aromatic carbocycles. The minimum atomic E-state index is -0.598. The molecule has 118 valence electrons. The second kappa shape index (κ2) is 6.49. The number of nitrogens with zero attached hydrogens (tertiary/aromatic N) is 1. The molecule has 3 rings (SSSR count). The van der Waals surface area contributed by atoms with E-state index in [1.165, 1.54) is 4.90 Å². The van der Waals surface area contributed by atoms with Crippen molar-refractivity contribution in [2.45, 2.75) is 12.5 Å². The van der Waals surface area contributed by atoms with E-state index >= 15 is 0 Å². The maximum atomic E-state index is 12.7. The first-order chi connectivity index (χ1) is 11.0. The number of nitrogens with one attached hydrogen (secondary N) is 1. The van der Waals surface area contributed by atoms with Crippen molar-refractivity contribution in [3.8, 4) is 0 Å². The van der Waals surface area contributed by atoms with E-state index in [4.69, 9.17) is 11.6 Å². The second-order valence-electron chi connectivity index (χ2n) is 5.42. The van der Waals surface area contributed by atoms with Crippen LogP contribution in [0.15, 0.2) is 42.5 Å². The van der Waals surface area contributed by atoms with Gasteiger partial charge in [-0.05, 0) is 58.5 Å². The second-order valence-corrected chi connectivity index (χ2v) is 7.10. The van der Waals surface area contributed by atoms with Gasteiger partial charge in [-0.1, -0.05) is 23.7 Å². The molecular formula is C17H14ClIN2O2. The number of hydrogen-bond acceptors (Lipinski definition) is 2. The molecule has 0 spiro atoms. The highest BCUT2D eigenvalue weighted by atomic mass is 127. The molecule has 0 unspecified atom stereocenters. The Kier molecular flexibility index (Phi) is 4.59. The number of likely N-dealkylation sites (N-methyl/N-ethyl adjacent to an activating group) is 1. The van der Waals surface area contributed by atoms with Gasteiger partial charge in [0.05, 0.1) is 11.3 Å². The van der Waals surface area contributed by atoms with Crippen molar-refractivity contribution in [3.63, 3.8) is 0 Å². The van der Waals surface area contributed by atoms with Gasteiger partial charge in [0.1, 0.15) is 6.04 Å². The summed E-state index contributed by atoms with van der Waals surface area (Å²) >= 11 is 8.21. The maximum absolute atomic E-state index is 12.7. The number of hydrogen-bond donors (Lipinski definition) is 1. The normalized spacial score (nSPS) is 17.5. The average molecular weight is 441 g/mol. The fourth-order valence-corrected chi connectivity index (χ4v) is 3.16. The molecular weight excluding hydrogens is 427 g/mol. The predicted octanol–water partition coefficient (Wildman–Crippen LogP) is 3.26. The van der Waals surface area contributed by atoms with Crippen LogP contribution in [0.3, 0.4) is 0 Å². The van der Waals surface area contributed by atoms with Gasteiger partial charge in [-0.25, -0.2) is 0 Å². The van der Waals surface area contributed by atoms with Gasteiger partial charge in [0.25, 0.3) is 5.91 Å². The first-order valence-electron chi connectivity index (χ1n) is 7.08. The number of rotatable bonds is 2. The minimum Gasteiger partial charge on any atom is -0.340 e. The number of carbonyl (C=O) groups is 2. The third kappa shape index (κ3) is 3.35. The van der Waals surface area contributed by atoms with Gasteiger partial charge in [-0.15, -0.1) is 0 Å². The van der Waals surface area contributed by atoms with E-state index in [-0.39, 0.29) is 11.8 Å². The van der Waals surface area contributed by atoms with Crippen LogP contribution >= 0.6 is 34.2 Å². The Labute approximate surface area is 153 Å². The first kappa shape index (κ1) is 16.3. The summed E-state index contributed by atoms with van der Waals surface area (Å²) in [7, 11) is 1.68. The smallest absolute Gasteiger partial charge is 0.254 e. The predicted molar refractivity (Wildman–Crippen MR) is 99.0 cm³/mol. The number of anilines is 1. The third-order valence-electron chi connectivity index (χ3n) is 3.85. The molecule has 1 N–H and O–H groups in total. The highest BCUT2D eigenvalue weighted by Gasteiger charge is 2.31. The van der Waals surface area contributed by atoms with Crippen LogP contribution in [0.25, 0.3) is 0 Å². The Balaban J connectivity index is 1.92. The molecule has 1 aliphatic heterocycles. The van der Waals surface area contributed by atoms with Crippen LogP contribution < -0.4 is 10.2 Å². The van der Waals surface area contributed by atoms with E-state index in [0.717, 1.165) is 9.13 Å². The lowest BCUT2D eigenvalue weighted by atomic mass is 10.1. The summed E-state index contributed by atoms with van der Waals surface area (Å²) in [4.78, 5) is 26.7.